The summed E-state index contributed by atoms with van der Waals surface area (Å²) in [5.41, 5.74) is 0.453. The summed E-state index contributed by atoms with van der Waals surface area (Å²) in [7, 11) is -3.72. The molecule has 0 aliphatic carbocycles. The summed E-state index contributed by atoms with van der Waals surface area (Å²) in [6, 6.07) is 4.42. The molecule has 0 unspecified atom stereocenters. The molecule has 152 valence electrons. The molecule has 0 spiro atoms. The van der Waals surface area contributed by atoms with Gasteiger partial charge in [0.2, 0.25) is 10.0 Å². The summed E-state index contributed by atoms with van der Waals surface area (Å²) in [5, 5.41) is 2.68. The number of piperazine rings is 1. The first-order chi connectivity index (χ1) is 13.4. The molecule has 2 fully saturated rings. The second kappa shape index (κ2) is 7.34. The number of carbonyl (C=O) groups is 2. The number of carbonyl (C=O) groups excluding carboxylic acids is 2. The van der Waals surface area contributed by atoms with E-state index < -0.39 is 22.2 Å². The zero-order valence-electron chi connectivity index (χ0n) is 15.6. The topological polar surface area (TPSA) is 105 Å². The second-order valence-electron chi connectivity index (χ2n) is 7.14. The summed E-state index contributed by atoms with van der Waals surface area (Å²) in [6.45, 7) is 3.34. The maximum atomic E-state index is 13.0. The SMILES string of the molecule is C[C@H]1Oc2cc(S(=O)(=O)N3CCN(C(=O)[C@@H]4CCCO4)CC3)ccc2NC1=O. The number of fused-ring (bicyclic) bond motifs is 1. The van der Waals surface area contributed by atoms with Crippen LogP contribution in [0, 0.1) is 0 Å². The number of rotatable bonds is 3. The van der Waals surface area contributed by atoms with Gasteiger partial charge < -0.3 is 19.7 Å². The van der Waals surface area contributed by atoms with E-state index in [1.165, 1.54) is 22.5 Å². The molecular formula is C18H23N3O6S. The zero-order valence-corrected chi connectivity index (χ0v) is 16.4. The lowest BCUT2D eigenvalue weighted by Gasteiger charge is -2.35. The molecule has 2 atom stereocenters. The van der Waals surface area contributed by atoms with Gasteiger partial charge in [0, 0.05) is 38.9 Å². The molecule has 2 saturated heterocycles. The Morgan fingerprint density at radius 1 is 1.21 bits per heavy atom. The first-order valence-electron chi connectivity index (χ1n) is 9.38. The first kappa shape index (κ1) is 19.2. The lowest BCUT2D eigenvalue weighted by Crippen LogP contribution is -2.52. The predicted molar refractivity (Wildman–Crippen MR) is 99.5 cm³/mol. The average Bonchev–Trinajstić information content (AvgIpc) is 3.23. The number of benzene rings is 1. The Bertz CT molecular complexity index is 889. The Labute approximate surface area is 163 Å². The van der Waals surface area contributed by atoms with Gasteiger partial charge in [0.05, 0.1) is 10.6 Å². The van der Waals surface area contributed by atoms with Gasteiger partial charge >= 0.3 is 0 Å². The minimum atomic E-state index is -3.72. The lowest BCUT2D eigenvalue weighted by molar-refractivity contribution is -0.142. The van der Waals surface area contributed by atoms with Crippen molar-refractivity contribution in [1.82, 2.24) is 9.21 Å². The molecule has 3 aliphatic heterocycles. The number of amides is 2. The van der Waals surface area contributed by atoms with Gasteiger partial charge in [-0.15, -0.1) is 0 Å². The van der Waals surface area contributed by atoms with Crippen molar-refractivity contribution >= 4 is 27.5 Å². The molecule has 0 radical (unpaired) electrons. The van der Waals surface area contributed by atoms with E-state index in [1.807, 2.05) is 0 Å². The molecule has 2 amide bonds. The largest absolute Gasteiger partial charge is 0.479 e. The highest BCUT2D eigenvalue weighted by Crippen LogP contribution is 2.33. The van der Waals surface area contributed by atoms with Crippen molar-refractivity contribution in [1.29, 1.82) is 0 Å². The molecule has 28 heavy (non-hydrogen) atoms. The van der Waals surface area contributed by atoms with Crippen molar-refractivity contribution in [2.45, 2.75) is 36.9 Å². The van der Waals surface area contributed by atoms with Crippen molar-refractivity contribution in [3.8, 4) is 5.75 Å². The van der Waals surface area contributed by atoms with Crippen LogP contribution in [0.25, 0.3) is 0 Å². The van der Waals surface area contributed by atoms with Crippen LogP contribution < -0.4 is 10.1 Å². The highest BCUT2D eigenvalue weighted by molar-refractivity contribution is 7.89. The van der Waals surface area contributed by atoms with Gasteiger partial charge in [-0.3, -0.25) is 9.59 Å². The van der Waals surface area contributed by atoms with Gasteiger partial charge in [0.1, 0.15) is 11.9 Å². The van der Waals surface area contributed by atoms with E-state index in [4.69, 9.17) is 9.47 Å². The molecule has 1 aromatic carbocycles. The lowest BCUT2D eigenvalue weighted by atomic mass is 10.2. The van der Waals surface area contributed by atoms with Gasteiger partial charge in [0.15, 0.2) is 6.10 Å². The van der Waals surface area contributed by atoms with Crippen molar-refractivity contribution in [3.63, 3.8) is 0 Å². The van der Waals surface area contributed by atoms with Gasteiger partial charge in [0.25, 0.3) is 11.8 Å². The smallest absolute Gasteiger partial charge is 0.265 e. The highest BCUT2D eigenvalue weighted by atomic mass is 32.2. The van der Waals surface area contributed by atoms with Gasteiger partial charge in [-0.1, -0.05) is 0 Å². The molecule has 0 aromatic heterocycles. The van der Waals surface area contributed by atoms with E-state index in [-0.39, 0.29) is 29.8 Å². The fourth-order valence-electron chi connectivity index (χ4n) is 3.62. The summed E-state index contributed by atoms with van der Waals surface area (Å²) in [4.78, 5) is 25.9. The van der Waals surface area contributed by atoms with Crippen molar-refractivity contribution < 1.29 is 27.5 Å². The monoisotopic (exact) mass is 409 g/mol. The van der Waals surface area contributed by atoms with Gasteiger partial charge in [-0.2, -0.15) is 4.31 Å². The summed E-state index contributed by atoms with van der Waals surface area (Å²) in [6.07, 6.45) is 0.530. The number of ether oxygens (including phenoxy) is 2. The third-order valence-corrected chi connectivity index (χ3v) is 7.17. The van der Waals surface area contributed by atoms with Crippen LogP contribution in [0.15, 0.2) is 23.1 Å². The normalized spacial score (nSPS) is 25.8. The number of nitrogens with zero attached hydrogens (tertiary/aromatic N) is 2. The Hall–Kier alpha value is -2.17. The number of hydrogen-bond donors (Lipinski definition) is 1. The fraction of sp³-hybridized carbons (Fsp3) is 0.556. The van der Waals surface area contributed by atoms with Crippen LogP contribution in [-0.4, -0.2) is 74.4 Å². The third-order valence-electron chi connectivity index (χ3n) is 5.28. The molecular weight excluding hydrogens is 386 g/mol. The Balaban J connectivity index is 1.45. The maximum absolute atomic E-state index is 13.0. The van der Waals surface area contributed by atoms with Crippen LogP contribution in [0.2, 0.25) is 0 Å². The van der Waals surface area contributed by atoms with E-state index in [9.17, 15) is 18.0 Å². The fourth-order valence-corrected chi connectivity index (χ4v) is 5.05. The first-order valence-corrected chi connectivity index (χ1v) is 10.8. The van der Waals surface area contributed by atoms with E-state index in [0.29, 0.717) is 31.1 Å². The highest BCUT2D eigenvalue weighted by Gasteiger charge is 2.34. The molecule has 1 aromatic rings. The number of nitrogens with one attached hydrogen (secondary N) is 1. The predicted octanol–water partition coefficient (Wildman–Crippen LogP) is 0.418. The van der Waals surface area contributed by atoms with Gasteiger partial charge in [-0.05, 0) is 31.9 Å². The van der Waals surface area contributed by atoms with Gasteiger partial charge in [-0.25, -0.2) is 8.42 Å². The van der Waals surface area contributed by atoms with Crippen molar-refractivity contribution in [3.05, 3.63) is 18.2 Å². The molecule has 10 heteroatoms. The van der Waals surface area contributed by atoms with Crippen LogP contribution >= 0.6 is 0 Å². The van der Waals surface area contributed by atoms with E-state index in [2.05, 4.69) is 5.32 Å². The Kier molecular flexibility index (Phi) is 5.02. The quantitative estimate of drug-likeness (QED) is 0.776. The van der Waals surface area contributed by atoms with E-state index >= 15 is 0 Å². The third kappa shape index (κ3) is 3.47. The summed E-state index contributed by atoms with van der Waals surface area (Å²) in [5.74, 6) is 0.0111. The molecule has 0 saturated carbocycles. The minimum absolute atomic E-state index is 0.0542. The molecule has 0 bridgehead atoms. The van der Waals surface area contributed by atoms with Crippen LogP contribution in [-0.2, 0) is 24.3 Å². The van der Waals surface area contributed by atoms with E-state index in [0.717, 1.165) is 12.8 Å². The molecule has 3 heterocycles. The van der Waals surface area contributed by atoms with Crippen molar-refractivity contribution in [2.75, 3.05) is 38.1 Å². The van der Waals surface area contributed by atoms with Crippen molar-refractivity contribution in [2.24, 2.45) is 0 Å². The number of hydrogen-bond acceptors (Lipinski definition) is 6. The van der Waals surface area contributed by atoms with Crippen LogP contribution in [0.5, 0.6) is 5.75 Å². The maximum Gasteiger partial charge on any atom is 0.265 e. The molecule has 3 aliphatic rings. The molecule has 9 nitrogen and oxygen atoms in total. The van der Waals surface area contributed by atoms with Crippen LogP contribution in [0.4, 0.5) is 5.69 Å². The number of anilines is 1. The second-order valence-corrected chi connectivity index (χ2v) is 9.08. The standard InChI is InChI=1S/C18H23N3O6S/c1-12-17(22)19-14-5-4-13(11-16(14)27-12)28(24,25)21-8-6-20(7-9-21)18(23)15-3-2-10-26-15/h4-5,11-12,15H,2-3,6-10H2,1H3,(H,19,22)/t12-,15+/m1/s1. The summed E-state index contributed by atoms with van der Waals surface area (Å²) < 4.78 is 38.3. The van der Waals surface area contributed by atoms with E-state index in [1.54, 1.807) is 11.8 Å². The zero-order chi connectivity index (χ0) is 19.9. The number of sulfonamides is 1. The van der Waals surface area contributed by atoms with Crippen LogP contribution in [0.3, 0.4) is 0 Å². The van der Waals surface area contributed by atoms with Crippen LogP contribution in [0.1, 0.15) is 19.8 Å². The Morgan fingerprint density at radius 3 is 2.64 bits per heavy atom. The molecule has 1 N–H and O–H groups in total. The average molecular weight is 409 g/mol. The summed E-state index contributed by atoms with van der Waals surface area (Å²) >= 11 is 0. The minimum Gasteiger partial charge on any atom is -0.479 e. The Morgan fingerprint density at radius 2 is 1.96 bits per heavy atom. The molecule has 4 rings (SSSR count).